The van der Waals surface area contributed by atoms with Gasteiger partial charge >= 0.3 is 0 Å². The molecule has 1 heterocycles. The Kier molecular flexibility index (Phi) is 4.14. The van der Waals surface area contributed by atoms with Crippen LogP contribution in [0, 0.1) is 17.8 Å². The zero-order chi connectivity index (χ0) is 11.6. The van der Waals surface area contributed by atoms with Crippen LogP contribution in [0.1, 0.15) is 27.2 Å². The lowest BCUT2D eigenvalue weighted by atomic mass is 9.95. The highest BCUT2D eigenvalue weighted by Gasteiger charge is 2.36. The van der Waals surface area contributed by atoms with E-state index in [0.717, 1.165) is 0 Å². The lowest BCUT2D eigenvalue weighted by Gasteiger charge is -2.19. The molecule has 0 aliphatic carbocycles. The largest absolute Gasteiger partial charge is 0.282 e. The van der Waals surface area contributed by atoms with Crippen LogP contribution in [0.2, 0.25) is 0 Å². The minimum Gasteiger partial charge on any atom is -0.282 e. The SMILES string of the molecule is CC(CCl)C(=O)N1CC(C(C)C)CC1=O. The molecule has 0 aromatic heterocycles. The van der Waals surface area contributed by atoms with E-state index >= 15 is 0 Å². The number of rotatable bonds is 3. The fourth-order valence-electron chi connectivity index (χ4n) is 1.73. The van der Waals surface area contributed by atoms with Crippen LogP contribution in [0.4, 0.5) is 0 Å². The standard InChI is InChI=1S/C11H18ClNO2/c1-7(2)9-4-10(14)13(6-9)11(15)8(3)5-12/h7-9H,4-6H2,1-3H3. The van der Waals surface area contributed by atoms with Gasteiger partial charge in [-0.2, -0.15) is 0 Å². The summed E-state index contributed by atoms with van der Waals surface area (Å²) in [4.78, 5) is 24.8. The molecule has 1 fully saturated rings. The third kappa shape index (κ3) is 2.71. The number of hydrogen-bond acceptors (Lipinski definition) is 2. The third-order valence-corrected chi connectivity index (χ3v) is 3.48. The molecule has 0 bridgehead atoms. The van der Waals surface area contributed by atoms with Crippen LogP contribution in [-0.2, 0) is 9.59 Å². The Morgan fingerprint density at radius 1 is 1.53 bits per heavy atom. The molecule has 0 radical (unpaired) electrons. The van der Waals surface area contributed by atoms with Gasteiger partial charge in [-0.05, 0) is 11.8 Å². The average Bonchev–Trinajstić information content (AvgIpc) is 2.58. The first kappa shape index (κ1) is 12.5. The molecule has 0 N–H and O–H groups in total. The number of alkyl halides is 1. The van der Waals surface area contributed by atoms with Crippen molar-refractivity contribution in [2.45, 2.75) is 27.2 Å². The van der Waals surface area contributed by atoms with Crippen molar-refractivity contribution in [2.75, 3.05) is 12.4 Å². The van der Waals surface area contributed by atoms with E-state index in [2.05, 4.69) is 13.8 Å². The molecule has 2 unspecified atom stereocenters. The summed E-state index contributed by atoms with van der Waals surface area (Å²) in [6.07, 6.45) is 0.498. The van der Waals surface area contributed by atoms with Crippen molar-refractivity contribution in [1.82, 2.24) is 4.90 Å². The lowest BCUT2D eigenvalue weighted by molar-refractivity contribution is -0.143. The molecule has 4 heteroatoms. The van der Waals surface area contributed by atoms with Crippen LogP contribution in [-0.4, -0.2) is 29.1 Å². The Bertz CT molecular complexity index is 265. The highest BCUT2D eigenvalue weighted by Crippen LogP contribution is 2.26. The van der Waals surface area contributed by atoms with Crippen LogP contribution < -0.4 is 0 Å². The van der Waals surface area contributed by atoms with Crippen molar-refractivity contribution >= 4 is 23.4 Å². The van der Waals surface area contributed by atoms with E-state index in [1.807, 2.05) is 0 Å². The minimum absolute atomic E-state index is 0.0457. The maximum Gasteiger partial charge on any atom is 0.233 e. The molecule has 15 heavy (non-hydrogen) atoms. The van der Waals surface area contributed by atoms with Crippen molar-refractivity contribution in [3.63, 3.8) is 0 Å². The summed E-state index contributed by atoms with van der Waals surface area (Å²) >= 11 is 5.61. The number of amides is 2. The molecule has 86 valence electrons. The highest BCUT2D eigenvalue weighted by atomic mass is 35.5. The van der Waals surface area contributed by atoms with Crippen molar-refractivity contribution in [3.05, 3.63) is 0 Å². The second-order valence-electron chi connectivity index (χ2n) is 4.61. The van der Waals surface area contributed by atoms with Crippen molar-refractivity contribution in [2.24, 2.45) is 17.8 Å². The van der Waals surface area contributed by atoms with E-state index in [0.29, 0.717) is 24.8 Å². The maximum atomic E-state index is 11.8. The van der Waals surface area contributed by atoms with Gasteiger partial charge in [-0.15, -0.1) is 11.6 Å². The molecule has 3 nitrogen and oxygen atoms in total. The summed E-state index contributed by atoms with van der Waals surface area (Å²) in [6.45, 7) is 6.48. The van der Waals surface area contributed by atoms with Crippen LogP contribution in [0.25, 0.3) is 0 Å². The Morgan fingerprint density at radius 2 is 2.13 bits per heavy atom. The number of carbonyl (C=O) groups excluding carboxylic acids is 2. The molecule has 1 aliphatic rings. The van der Waals surface area contributed by atoms with E-state index in [-0.39, 0.29) is 23.6 Å². The maximum absolute atomic E-state index is 11.8. The van der Waals surface area contributed by atoms with Crippen LogP contribution in [0.15, 0.2) is 0 Å². The first-order valence-electron chi connectivity index (χ1n) is 5.37. The average molecular weight is 232 g/mol. The first-order chi connectivity index (χ1) is 6.97. The summed E-state index contributed by atoms with van der Waals surface area (Å²) in [5.74, 6) is 0.590. The van der Waals surface area contributed by atoms with Gasteiger partial charge in [-0.25, -0.2) is 0 Å². The molecule has 1 rings (SSSR count). The number of likely N-dealkylation sites (tertiary alicyclic amines) is 1. The van der Waals surface area contributed by atoms with Crippen LogP contribution in [0.3, 0.4) is 0 Å². The third-order valence-electron chi connectivity index (χ3n) is 3.02. The number of halogens is 1. The lowest BCUT2D eigenvalue weighted by Crippen LogP contribution is -2.37. The van der Waals surface area contributed by atoms with Gasteiger partial charge in [0, 0.05) is 24.8 Å². The molecule has 0 aromatic rings. The number of hydrogen-bond donors (Lipinski definition) is 0. The normalized spacial score (nSPS) is 23.7. The van der Waals surface area contributed by atoms with Gasteiger partial charge in [0.1, 0.15) is 0 Å². The molecule has 1 aliphatic heterocycles. The van der Waals surface area contributed by atoms with E-state index in [1.54, 1.807) is 6.92 Å². The van der Waals surface area contributed by atoms with Gasteiger partial charge in [0.15, 0.2) is 0 Å². The molecule has 2 atom stereocenters. The Hall–Kier alpha value is -0.570. The first-order valence-corrected chi connectivity index (χ1v) is 5.91. The zero-order valence-corrected chi connectivity index (χ0v) is 10.3. The second-order valence-corrected chi connectivity index (χ2v) is 4.91. The van der Waals surface area contributed by atoms with Crippen LogP contribution in [0.5, 0.6) is 0 Å². The van der Waals surface area contributed by atoms with Gasteiger partial charge < -0.3 is 0 Å². The van der Waals surface area contributed by atoms with E-state index in [1.165, 1.54) is 4.90 Å². The molecule has 0 saturated carbocycles. The summed E-state index contributed by atoms with van der Waals surface area (Å²) in [6, 6.07) is 0. The number of nitrogens with zero attached hydrogens (tertiary/aromatic N) is 1. The van der Waals surface area contributed by atoms with Crippen molar-refractivity contribution in [1.29, 1.82) is 0 Å². The van der Waals surface area contributed by atoms with Gasteiger partial charge in [0.25, 0.3) is 0 Å². The summed E-state index contributed by atoms with van der Waals surface area (Å²) in [5, 5.41) is 0. The van der Waals surface area contributed by atoms with Crippen molar-refractivity contribution < 1.29 is 9.59 Å². The van der Waals surface area contributed by atoms with E-state index in [9.17, 15) is 9.59 Å². The van der Waals surface area contributed by atoms with E-state index < -0.39 is 0 Å². The number of carbonyl (C=O) groups is 2. The van der Waals surface area contributed by atoms with Gasteiger partial charge in [0.05, 0.1) is 0 Å². The molecule has 2 amide bonds. The van der Waals surface area contributed by atoms with Gasteiger partial charge in [0.2, 0.25) is 11.8 Å². The fourth-order valence-corrected chi connectivity index (χ4v) is 1.86. The summed E-state index contributed by atoms with van der Waals surface area (Å²) in [5.41, 5.74) is 0. The predicted octanol–water partition coefficient (Wildman–Crippen LogP) is 1.89. The Balaban J connectivity index is 2.65. The van der Waals surface area contributed by atoms with E-state index in [4.69, 9.17) is 11.6 Å². The molecule has 0 spiro atoms. The Morgan fingerprint density at radius 3 is 2.53 bits per heavy atom. The Labute approximate surface area is 95.8 Å². The van der Waals surface area contributed by atoms with Crippen LogP contribution >= 0.6 is 11.6 Å². The second kappa shape index (κ2) is 4.97. The zero-order valence-electron chi connectivity index (χ0n) is 9.50. The summed E-state index contributed by atoms with van der Waals surface area (Å²) in [7, 11) is 0. The monoisotopic (exact) mass is 231 g/mol. The van der Waals surface area contributed by atoms with Gasteiger partial charge in [-0.3, -0.25) is 14.5 Å². The molecule has 0 aromatic carbocycles. The topological polar surface area (TPSA) is 37.4 Å². The van der Waals surface area contributed by atoms with Gasteiger partial charge in [-0.1, -0.05) is 20.8 Å². The summed E-state index contributed by atoms with van der Waals surface area (Å²) < 4.78 is 0. The van der Waals surface area contributed by atoms with Crippen molar-refractivity contribution in [3.8, 4) is 0 Å². The molecular weight excluding hydrogens is 214 g/mol. The predicted molar refractivity (Wildman–Crippen MR) is 59.5 cm³/mol. The minimum atomic E-state index is -0.262. The quantitative estimate of drug-likeness (QED) is 0.696. The molecule has 1 saturated heterocycles. The number of imide groups is 1. The smallest absolute Gasteiger partial charge is 0.233 e. The molecular formula is C11H18ClNO2. The highest BCUT2D eigenvalue weighted by molar-refractivity contribution is 6.19. The fraction of sp³-hybridized carbons (Fsp3) is 0.818.